The highest BCUT2D eigenvalue weighted by Gasteiger charge is 2.24. The topological polar surface area (TPSA) is 95.9 Å². The monoisotopic (exact) mass is 774 g/mol. The Morgan fingerprint density at radius 1 is 0.527 bits per heavy atom. The Bertz CT molecular complexity index is 915. The van der Waals surface area contributed by atoms with Crippen molar-refractivity contribution in [3.63, 3.8) is 0 Å². The molecule has 0 bridgehead atoms. The van der Waals surface area contributed by atoms with Crippen molar-refractivity contribution >= 4 is 11.9 Å². The van der Waals surface area contributed by atoms with Crippen molar-refractivity contribution in [1.82, 2.24) is 5.32 Å². The first-order valence-electron chi connectivity index (χ1n) is 23.7. The molecule has 0 radical (unpaired) electrons. The summed E-state index contributed by atoms with van der Waals surface area (Å²) >= 11 is 0. The third kappa shape index (κ3) is 38.7. The van der Waals surface area contributed by atoms with Crippen molar-refractivity contribution in [3.05, 3.63) is 36.5 Å². The van der Waals surface area contributed by atoms with Crippen LogP contribution in [0.4, 0.5) is 0 Å². The van der Waals surface area contributed by atoms with Gasteiger partial charge in [0.2, 0.25) is 5.91 Å². The summed E-state index contributed by atoms with van der Waals surface area (Å²) in [7, 11) is 0. The first kappa shape index (κ1) is 53.1. The Morgan fingerprint density at radius 2 is 0.964 bits per heavy atom. The molecule has 0 aliphatic heterocycles. The summed E-state index contributed by atoms with van der Waals surface area (Å²) in [6, 6.07) is -0.704. The van der Waals surface area contributed by atoms with E-state index in [1.807, 2.05) is 0 Å². The number of allylic oxidation sites excluding steroid dienone is 6. The highest BCUT2D eigenvalue weighted by atomic mass is 16.5. The standard InChI is InChI=1S/C49H91NO5/c1-4-7-10-13-16-19-22-23-24-25-27-28-31-34-37-40-45(55-49(54)42-39-36-33-30-21-18-15-12-9-6-3)43-48(53)50-46(44-51)47(52)41-38-35-32-29-26-20-17-14-11-8-5-2/h12,15-16,19,23-24,45-47,51-52H,4-11,13-14,17-18,20-22,25-44H2,1-3H3,(H,50,53)/b15-12-,19-16-,24-23-. The fourth-order valence-electron chi connectivity index (χ4n) is 7.05. The highest BCUT2D eigenvalue weighted by molar-refractivity contribution is 5.77. The molecule has 0 aliphatic carbocycles. The molecule has 0 aliphatic rings. The summed E-state index contributed by atoms with van der Waals surface area (Å²) in [6.45, 7) is 6.38. The van der Waals surface area contributed by atoms with E-state index >= 15 is 0 Å². The number of amides is 1. The number of carbonyl (C=O) groups excluding carboxylic acids is 2. The fraction of sp³-hybridized carbons (Fsp3) is 0.837. The molecule has 3 atom stereocenters. The zero-order valence-electron chi connectivity index (χ0n) is 36.6. The van der Waals surface area contributed by atoms with Gasteiger partial charge in [0.15, 0.2) is 0 Å². The molecule has 0 heterocycles. The van der Waals surface area contributed by atoms with E-state index in [1.54, 1.807) is 0 Å². The number of carbonyl (C=O) groups is 2. The van der Waals surface area contributed by atoms with Gasteiger partial charge in [0, 0.05) is 6.42 Å². The van der Waals surface area contributed by atoms with Crippen LogP contribution in [0.5, 0.6) is 0 Å². The molecule has 6 nitrogen and oxygen atoms in total. The van der Waals surface area contributed by atoms with E-state index < -0.39 is 18.2 Å². The molecule has 0 rings (SSSR count). The average molecular weight is 774 g/mol. The third-order valence-corrected chi connectivity index (χ3v) is 10.7. The average Bonchev–Trinajstić information content (AvgIpc) is 3.18. The molecule has 0 saturated heterocycles. The first-order chi connectivity index (χ1) is 27.0. The van der Waals surface area contributed by atoms with E-state index in [1.165, 1.54) is 109 Å². The van der Waals surface area contributed by atoms with Gasteiger partial charge in [0.25, 0.3) is 0 Å². The molecular weight excluding hydrogens is 683 g/mol. The summed E-state index contributed by atoms with van der Waals surface area (Å²) < 4.78 is 5.89. The van der Waals surface area contributed by atoms with Crippen LogP contribution >= 0.6 is 0 Å². The SMILES string of the molecule is CCC/C=C\CCCCCCCC(=O)OC(CCCCCCC/C=C\C/C=C\CCCCC)CC(=O)NC(CO)C(O)CCCCCCCCCCCCC. The number of unbranched alkanes of at least 4 members (excludes halogenated alkanes) is 24. The smallest absolute Gasteiger partial charge is 0.306 e. The Kier molecular flexibility index (Phi) is 41.7. The summed E-state index contributed by atoms with van der Waals surface area (Å²) in [5, 5.41) is 23.6. The maximum absolute atomic E-state index is 13.1. The molecule has 1 amide bonds. The van der Waals surface area contributed by atoms with Gasteiger partial charge < -0.3 is 20.3 Å². The van der Waals surface area contributed by atoms with Crippen LogP contribution in [0.3, 0.4) is 0 Å². The van der Waals surface area contributed by atoms with Crippen LogP contribution in [0, 0.1) is 0 Å². The van der Waals surface area contributed by atoms with Crippen molar-refractivity contribution in [1.29, 1.82) is 0 Å². The zero-order valence-corrected chi connectivity index (χ0v) is 36.6. The Hall–Kier alpha value is -1.92. The van der Waals surface area contributed by atoms with Crippen LogP contribution in [0.1, 0.15) is 239 Å². The van der Waals surface area contributed by atoms with Crippen LogP contribution in [-0.2, 0) is 14.3 Å². The Labute approximate surface area is 341 Å². The van der Waals surface area contributed by atoms with Crippen molar-refractivity contribution in [3.8, 4) is 0 Å². The first-order valence-corrected chi connectivity index (χ1v) is 23.7. The van der Waals surface area contributed by atoms with E-state index in [9.17, 15) is 19.8 Å². The summed E-state index contributed by atoms with van der Waals surface area (Å²) in [6.07, 6.45) is 49.1. The Balaban J connectivity index is 4.62. The van der Waals surface area contributed by atoms with Gasteiger partial charge in [0.05, 0.1) is 25.2 Å². The van der Waals surface area contributed by atoms with E-state index in [0.29, 0.717) is 19.3 Å². The number of esters is 1. The van der Waals surface area contributed by atoms with E-state index in [0.717, 1.165) is 83.5 Å². The summed E-state index contributed by atoms with van der Waals surface area (Å²) in [5.74, 6) is -0.497. The number of aliphatic hydroxyl groups is 2. The van der Waals surface area contributed by atoms with E-state index in [4.69, 9.17) is 4.74 Å². The molecule has 0 saturated carbocycles. The molecule has 3 N–H and O–H groups in total. The summed E-state index contributed by atoms with van der Waals surface area (Å²) in [4.78, 5) is 26.0. The lowest BCUT2D eigenvalue weighted by Crippen LogP contribution is -2.46. The fourth-order valence-corrected chi connectivity index (χ4v) is 7.05. The van der Waals surface area contributed by atoms with Gasteiger partial charge in [-0.25, -0.2) is 0 Å². The van der Waals surface area contributed by atoms with Crippen molar-refractivity contribution in [2.24, 2.45) is 0 Å². The number of aliphatic hydroxyl groups excluding tert-OH is 2. The lowest BCUT2D eigenvalue weighted by atomic mass is 10.0. The predicted molar refractivity (Wildman–Crippen MR) is 236 cm³/mol. The van der Waals surface area contributed by atoms with Gasteiger partial charge in [-0.2, -0.15) is 0 Å². The van der Waals surface area contributed by atoms with Gasteiger partial charge in [-0.3, -0.25) is 9.59 Å². The second-order valence-corrected chi connectivity index (χ2v) is 16.2. The zero-order chi connectivity index (χ0) is 40.3. The molecular formula is C49H91NO5. The van der Waals surface area contributed by atoms with Gasteiger partial charge in [0.1, 0.15) is 6.10 Å². The molecule has 6 heteroatoms. The van der Waals surface area contributed by atoms with Crippen LogP contribution in [0.25, 0.3) is 0 Å². The van der Waals surface area contributed by atoms with Gasteiger partial charge in [-0.15, -0.1) is 0 Å². The van der Waals surface area contributed by atoms with Crippen molar-refractivity contribution < 1.29 is 24.5 Å². The van der Waals surface area contributed by atoms with Crippen molar-refractivity contribution in [2.45, 2.75) is 257 Å². The van der Waals surface area contributed by atoms with Gasteiger partial charge in [-0.05, 0) is 77.0 Å². The molecule has 0 aromatic carbocycles. The minimum Gasteiger partial charge on any atom is -0.462 e. The minimum atomic E-state index is -0.789. The lowest BCUT2D eigenvalue weighted by Gasteiger charge is -2.24. The van der Waals surface area contributed by atoms with E-state index in [-0.39, 0.29) is 24.9 Å². The molecule has 0 aromatic heterocycles. The number of hydrogen-bond donors (Lipinski definition) is 3. The number of ether oxygens (including phenoxy) is 1. The highest BCUT2D eigenvalue weighted by Crippen LogP contribution is 2.17. The molecule has 322 valence electrons. The largest absolute Gasteiger partial charge is 0.462 e. The lowest BCUT2D eigenvalue weighted by molar-refractivity contribution is -0.151. The van der Waals surface area contributed by atoms with Crippen LogP contribution in [0.2, 0.25) is 0 Å². The maximum atomic E-state index is 13.1. The Morgan fingerprint density at radius 3 is 1.51 bits per heavy atom. The number of rotatable bonds is 42. The third-order valence-electron chi connectivity index (χ3n) is 10.7. The molecule has 0 aromatic rings. The second kappa shape index (κ2) is 43.2. The molecule has 3 unspecified atom stereocenters. The van der Waals surface area contributed by atoms with Crippen LogP contribution < -0.4 is 5.32 Å². The quantitative estimate of drug-likeness (QED) is 0.0326. The molecule has 0 fully saturated rings. The maximum Gasteiger partial charge on any atom is 0.306 e. The van der Waals surface area contributed by atoms with Gasteiger partial charge >= 0.3 is 5.97 Å². The van der Waals surface area contributed by atoms with Crippen LogP contribution in [0.15, 0.2) is 36.5 Å². The number of hydrogen-bond acceptors (Lipinski definition) is 5. The van der Waals surface area contributed by atoms with Gasteiger partial charge in [-0.1, -0.05) is 186 Å². The van der Waals surface area contributed by atoms with E-state index in [2.05, 4.69) is 62.5 Å². The molecule has 0 spiro atoms. The normalized spacial score (nSPS) is 13.6. The van der Waals surface area contributed by atoms with Crippen molar-refractivity contribution in [2.75, 3.05) is 6.61 Å². The molecule has 55 heavy (non-hydrogen) atoms. The minimum absolute atomic E-state index is 0.0663. The van der Waals surface area contributed by atoms with Crippen LogP contribution in [-0.4, -0.2) is 46.9 Å². The summed E-state index contributed by atoms with van der Waals surface area (Å²) in [5.41, 5.74) is 0. The number of nitrogens with one attached hydrogen (secondary N) is 1. The second-order valence-electron chi connectivity index (χ2n) is 16.2. The predicted octanol–water partition coefficient (Wildman–Crippen LogP) is 13.7.